The number of nitrogens with zero attached hydrogens (tertiary/aromatic N) is 1. The van der Waals surface area contributed by atoms with Gasteiger partial charge in [0.25, 0.3) is 0 Å². The maximum atomic E-state index is 11.4. The highest BCUT2D eigenvalue weighted by atomic mass is 16.4. The molecule has 1 aliphatic heterocycles. The molecule has 0 radical (unpaired) electrons. The van der Waals surface area contributed by atoms with Gasteiger partial charge in [0.05, 0.1) is 0 Å². The number of aliphatic carboxylic acids is 1. The van der Waals surface area contributed by atoms with Crippen molar-refractivity contribution in [3.8, 4) is 0 Å². The highest BCUT2D eigenvalue weighted by molar-refractivity contribution is 5.78. The summed E-state index contributed by atoms with van der Waals surface area (Å²) in [5, 5.41) is 12.3. The van der Waals surface area contributed by atoms with Crippen molar-refractivity contribution in [2.24, 2.45) is 0 Å². The van der Waals surface area contributed by atoms with Crippen LogP contribution in [0.2, 0.25) is 0 Å². The van der Waals surface area contributed by atoms with Gasteiger partial charge >= 0.3 is 5.97 Å². The van der Waals surface area contributed by atoms with Gasteiger partial charge in [-0.05, 0) is 66.1 Å². The zero-order chi connectivity index (χ0) is 13.8. The molecule has 4 nitrogen and oxygen atoms in total. The van der Waals surface area contributed by atoms with Crippen LogP contribution in [0.5, 0.6) is 0 Å². The predicted octanol–water partition coefficient (Wildman–Crippen LogP) is 2.09. The molecule has 2 N–H and O–H groups in total. The Morgan fingerprint density at radius 2 is 2.17 bits per heavy atom. The Labute approximate surface area is 111 Å². The van der Waals surface area contributed by atoms with Gasteiger partial charge in [0.2, 0.25) is 0 Å². The first-order valence-corrected chi connectivity index (χ1v) is 7.05. The number of likely N-dealkylation sites (tertiary alicyclic amines) is 1. The van der Waals surface area contributed by atoms with Gasteiger partial charge in [0.1, 0.15) is 5.54 Å². The zero-order valence-electron chi connectivity index (χ0n) is 12.3. The van der Waals surface area contributed by atoms with Gasteiger partial charge in [-0.2, -0.15) is 0 Å². The van der Waals surface area contributed by atoms with Crippen LogP contribution in [0, 0.1) is 0 Å². The summed E-state index contributed by atoms with van der Waals surface area (Å²) < 4.78 is 0. The molecule has 1 rings (SSSR count). The van der Waals surface area contributed by atoms with Gasteiger partial charge in [0.15, 0.2) is 0 Å². The lowest BCUT2D eigenvalue weighted by molar-refractivity contribution is -0.145. The fourth-order valence-corrected chi connectivity index (χ4v) is 2.99. The van der Waals surface area contributed by atoms with Gasteiger partial charge in [-0.3, -0.25) is 9.69 Å². The van der Waals surface area contributed by atoms with E-state index in [-0.39, 0.29) is 5.54 Å². The lowest BCUT2D eigenvalue weighted by Crippen LogP contribution is -2.50. The van der Waals surface area contributed by atoms with Crippen molar-refractivity contribution in [3.05, 3.63) is 0 Å². The second kappa shape index (κ2) is 6.02. The molecule has 18 heavy (non-hydrogen) atoms. The molecule has 1 unspecified atom stereocenters. The maximum absolute atomic E-state index is 11.4. The molecule has 0 aromatic heterocycles. The zero-order valence-corrected chi connectivity index (χ0v) is 12.3. The van der Waals surface area contributed by atoms with Gasteiger partial charge < -0.3 is 10.4 Å². The summed E-state index contributed by atoms with van der Waals surface area (Å²) in [5.74, 6) is -0.729. The largest absolute Gasteiger partial charge is 0.480 e. The van der Waals surface area contributed by atoms with Gasteiger partial charge in [-0.15, -0.1) is 0 Å². The first kappa shape index (κ1) is 15.4. The summed E-state index contributed by atoms with van der Waals surface area (Å²) in [6.07, 6.45) is 4.77. The SMILES string of the molecule is CCC(CCCN1CCCC1(C)C)(NC)C(=O)O. The van der Waals surface area contributed by atoms with Crippen molar-refractivity contribution in [2.45, 2.75) is 64.0 Å². The molecule has 0 aliphatic carbocycles. The molecule has 0 bridgehead atoms. The van der Waals surface area contributed by atoms with Crippen LogP contribution in [0.1, 0.15) is 52.9 Å². The van der Waals surface area contributed by atoms with E-state index >= 15 is 0 Å². The third-order valence-corrected chi connectivity index (χ3v) is 4.60. The fraction of sp³-hybridized carbons (Fsp3) is 0.929. The van der Waals surface area contributed by atoms with Crippen LogP contribution in [-0.4, -0.2) is 47.2 Å². The lowest BCUT2D eigenvalue weighted by Gasteiger charge is -2.33. The van der Waals surface area contributed by atoms with Crippen molar-refractivity contribution < 1.29 is 9.90 Å². The molecular weight excluding hydrogens is 228 g/mol. The number of carboxylic acids is 1. The quantitative estimate of drug-likeness (QED) is 0.732. The van der Waals surface area contributed by atoms with Crippen molar-refractivity contribution in [1.29, 1.82) is 0 Å². The molecule has 0 amide bonds. The Hall–Kier alpha value is -0.610. The van der Waals surface area contributed by atoms with E-state index in [1.165, 1.54) is 12.8 Å². The Bertz CT molecular complexity index is 286. The van der Waals surface area contributed by atoms with E-state index in [4.69, 9.17) is 0 Å². The van der Waals surface area contributed by atoms with E-state index < -0.39 is 11.5 Å². The Morgan fingerprint density at radius 3 is 2.56 bits per heavy atom. The number of rotatable bonds is 7. The summed E-state index contributed by atoms with van der Waals surface area (Å²) in [6.45, 7) is 8.65. The van der Waals surface area contributed by atoms with Crippen LogP contribution < -0.4 is 5.32 Å². The highest BCUT2D eigenvalue weighted by Crippen LogP contribution is 2.29. The molecular formula is C14H28N2O2. The Balaban J connectivity index is 2.47. The first-order chi connectivity index (χ1) is 8.38. The third-order valence-electron chi connectivity index (χ3n) is 4.60. The van der Waals surface area contributed by atoms with Crippen molar-refractivity contribution >= 4 is 5.97 Å². The molecule has 1 aliphatic rings. The average Bonchev–Trinajstić information content (AvgIpc) is 2.64. The van der Waals surface area contributed by atoms with Crippen molar-refractivity contribution in [1.82, 2.24) is 10.2 Å². The summed E-state index contributed by atoms with van der Waals surface area (Å²) in [7, 11) is 1.75. The number of carboxylic acid groups (broad SMARTS) is 1. The monoisotopic (exact) mass is 256 g/mol. The van der Waals surface area contributed by atoms with E-state index in [0.717, 1.165) is 19.5 Å². The number of nitrogens with one attached hydrogen (secondary N) is 1. The fourth-order valence-electron chi connectivity index (χ4n) is 2.99. The number of hydrogen-bond acceptors (Lipinski definition) is 3. The molecule has 0 saturated carbocycles. The standard InChI is InChI=1S/C14H28N2O2/c1-5-14(15-4,12(17)18)9-7-11-16-10-6-8-13(16,2)3/h15H,5-11H2,1-4H3,(H,17,18). The predicted molar refractivity (Wildman–Crippen MR) is 73.8 cm³/mol. The molecule has 1 fully saturated rings. The van der Waals surface area contributed by atoms with E-state index in [1.54, 1.807) is 7.05 Å². The smallest absolute Gasteiger partial charge is 0.323 e. The highest BCUT2D eigenvalue weighted by Gasteiger charge is 2.36. The van der Waals surface area contributed by atoms with Crippen molar-refractivity contribution in [3.63, 3.8) is 0 Å². The lowest BCUT2D eigenvalue weighted by atomic mass is 9.90. The Morgan fingerprint density at radius 1 is 1.50 bits per heavy atom. The van der Waals surface area contributed by atoms with Crippen LogP contribution >= 0.6 is 0 Å². The van der Waals surface area contributed by atoms with E-state index in [2.05, 4.69) is 24.1 Å². The molecule has 0 aromatic rings. The number of hydrogen-bond donors (Lipinski definition) is 2. The third kappa shape index (κ3) is 3.23. The minimum Gasteiger partial charge on any atom is -0.480 e. The number of carbonyl (C=O) groups is 1. The average molecular weight is 256 g/mol. The number of likely N-dealkylation sites (N-methyl/N-ethyl adjacent to an activating group) is 1. The van der Waals surface area contributed by atoms with Crippen molar-refractivity contribution in [2.75, 3.05) is 20.1 Å². The summed E-state index contributed by atoms with van der Waals surface area (Å²) in [5.41, 5.74) is -0.457. The minimum absolute atomic E-state index is 0.289. The topological polar surface area (TPSA) is 52.6 Å². The maximum Gasteiger partial charge on any atom is 0.323 e. The summed E-state index contributed by atoms with van der Waals surface area (Å²) in [6, 6.07) is 0. The van der Waals surface area contributed by atoms with Crippen LogP contribution in [0.25, 0.3) is 0 Å². The summed E-state index contributed by atoms with van der Waals surface area (Å²) >= 11 is 0. The first-order valence-electron chi connectivity index (χ1n) is 7.05. The molecule has 1 atom stereocenters. The normalized spacial score (nSPS) is 22.9. The molecule has 1 heterocycles. The molecule has 106 valence electrons. The van der Waals surface area contributed by atoms with E-state index in [9.17, 15) is 9.90 Å². The van der Waals surface area contributed by atoms with Gasteiger partial charge in [-0.1, -0.05) is 6.92 Å². The van der Waals surface area contributed by atoms with Crippen LogP contribution in [-0.2, 0) is 4.79 Å². The van der Waals surface area contributed by atoms with E-state index in [1.807, 2.05) is 6.92 Å². The second-order valence-electron chi connectivity index (χ2n) is 6.00. The van der Waals surface area contributed by atoms with E-state index in [0.29, 0.717) is 12.8 Å². The molecule has 1 saturated heterocycles. The summed E-state index contributed by atoms with van der Waals surface area (Å²) in [4.78, 5) is 13.9. The molecule has 0 aromatic carbocycles. The van der Waals surface area contributed by atoms with Gasteiger partial charge in [-0.25, -0.2) is 0 Å². The molecule has 0 spiro atoms. The minimum atomic E-state index is -0.746. The Kier molecular flexibility index (Phi) is 5.17. The van der Waals surface area contributed by atoms with Crippen LogP contribution in [0.15, 0.2) is 0 Å². The van der Waals surface area contributed by atoms with Crippen LogP contribution in [0.4, 0.5) is 0 Å². The molecule has 4 heteroatoms. The van der Waals surface area contributed by atoms with Crippen LogP contribution in [0.3, 0.4) is 0 Å². The second-order valence-corrected chi connectivity index (χ2v) is 6.00. The van der Waals surface area contributed by atoms with Gasteiger partial charge in [0, 0.05) is 5.54 Å².